The molecular formula is C21H24O2. The third-order valence-corrected chi connectivity index (χ3v) is 4.78. The highest BCUT2D eigenvalue weighted by Gasteiger charge is 2.48. The lowest BCUT2D eigenvalue weighted by Crippen LogP contribution is -2.10. The lowest BCUT2D eigenvalue weighted by molar-refractivity contribution is 0.101. The molecule has 0 amide bonds. The maximum absolute atomic E-state index is 11.8. The Hall–Kier alpha value is -2.09. The summed E-state index contributed by atoms with van der Waals surface area (Å²) in [7, 11) is 0. The molecule has 2 heteroatoms. The second-order valence-corrected chi connectivity index (χ2v) is 6.49. The van der Waals surface area contributed by atoms with Crippen molar-refractivity contribution in [3.05, 3.63) is 65.1 Å². The van der Waals surface area contributed by atoms with Gasteiger partial charge in [-0.25, -0.2) is 0 Å². The van der Waals surface area contributed by atoms with Gasteiger partial charge in [0.1, 0.15) is 11.5 Å². The molecule has 2 aromatic rings. The number of carbonyl (C=O) groups excluding carboxylic acids is 1. The van der Waals surface area contributed by atoms with Crippen molar-refractivity contribution >= 4 is 11.4 Å². The predicted octanol–water partition coefficient (Wildman–Crippen LogP) is 5.71. The number of benzene rings is 1. The first-order valence-electron chi connectivity index (χ1n) is 8.49. The molecule has 0 saturated heterocycles. The Morgan fingerprint density at radius 1 is 1.17 bits per heavy atom. The third kappa shape index (κ3) is 2.90. The Labute approximate surface area is 138 Å². The van der Waals surface area contributed by atoms with E-state index in [9.17, 15) is 4.79 Å². The zero-order chi connectivity index (χ0) is 16.4. The molecule has 1 atom stereocenters. The standard InChI is InChI=1S/C21H24O2/c1-4-5-9-12-21(14-19(21)17-10-7-6-8-11-17)20-13-18(15(2)22)16(3)23-20/h6-8,10-11,13-14H,4-5,9,12H2,1-3H3. The molecule has 1 aliphatic carbocycles. The van der Waals surface area contributed by atoms with E-state index in [2.05, 4.69) is 37.3 Å². The van der Waals surface area contributed by atoms with Crippen LogP contribution in [0.3, 0.4) is 0 Å². The van der Waals surface area contributed by atoms with Gasteiger partial charge in [0.15, 0.2) is 5.78 Å². The van der Waals surface area contributed by atoms with Crippen molar-refractivity contribution in [3.8, 4) is 0 Å². The van der Waals surface area contributed by atoms with Gasteiger partial charge in [-0.2, -0.15) is 0 Å². The fourth-order valence-electron chi connectivity index (χ4n) is 3.41. The highest BCUT2D eigenvalue weighted by molar-refractivity contribution is 5.96. The van der Waals surface area contributed by atoms with E-state index < -0.39 is 0 Å². The first kappa shape index (κ1) is 15.8. The first-order valence-corrected chi connectivity index (χ1v) is 8.49. The largest absolute Gasteiger partial charge is 0.464 e. The van der Waals surface area contributed by atoms with Crippen LogP contribution in [-0.2, 0) is 5.41 Å². The Morgan fingerprint density at radius 3 is 2.52 bits per heavy atom. The summed E-state index contributed by atoms with van der Waals surface area (Å²) in [6.07, 6.45) is 6.94. The molecule has 1 aromatic heterocycles. The molecule has 0 spiro atoms. The Kier molecular flexibility index (Phi) is 4.25. The van der Waals surface area contributed by atoms with Crippen molar-refractivity contribution in [2.75, 3.05) is 0 Å². The highest BCUT2D eigenvalue weighted by atomic mass is 16.3. The van der Waals surface area contributed by atoms with Crippen molar-refractivity contribution in [3.63, 3.8) is 0 Å². The summed E-state index contributed by atoms with van der Waals surface area (Å²) >= 11 is 0. The van der Waals surface area contributed by atoms with Crippen LogP contribution in [0.5, 0.6) is 0 Å². The van der Waals surface area contributed by atoms with E-state index in [0.717, 1.165) is 17.9 Å². The molecule has 1 heterocycles. The number of hydrogen-bond donors (Lipinski definition) is 0. The van der Waals surface area contributed by atoms with Gasteiger partial charge in [0, 0.05) is 0 Å². The van der Waals surface area contributed by atoms with Gasteiger partial charge in [-0.1, -0.05) is 62.6 Å². The van der Waals surface area contributed by atoms with Crippen LogP contribution < -0.4 is 0 Å². The van der Waals surface area contributed by atoms with E-state index in [1.165, 1.54) is 30.4 Å². The quantitative estimate of drug-likeness (QED) is 0.484. The number of rotatable bonds is 7. The van der Waals surface area contributed by atoms with E-state index in [-0.39, 0.29) is 11.2 Å². The summed E-state index contributed by atoms with van der Waals surface area (Å²) in [6, 6.07) is 12.4. The molecule has 3 rings (SSSR count). The summed E-state index contributed by atoms with van der Waals surface area (Å²) in [6.45, 7) is 5.70. The van der Waals surface area contributed by atoms with Crippen molar-refractivity contribution in [1.29, 1.82) is 0 Å². The van der Waals surface area contributed by atoms with Crippen LogP contribution in [0.1, 0.15) is 67.0 Å². The Balaban J connectivity index is 1.92. The lowest BCUT2D eigenvalue weighted by Gasteiger charge is -2.16. The van der Waals surface area contributed by atoms with Crippen molar-refractivity contribution in [1.82, 2.24) is 0 Å². The number of Topliss-reactive ketones (excluding diaryl/α,β-unsaturated/α-hetero) is 1. The monoisotopic (exact) mass is 308 g/mol. The number of unbranched alkanes of at least 4 members (excludes halogenated alkanes) is 2. The molecule has 0 fully saturated rings. The molecule has 120 valence electrons. The fourth-order valence-corrected chi connectivity index (χ4v) is 3.41. The molecule has 0 bridgehead atoms. The van der Waals surface area contributed by atoms with Crippen LogP contribution in [0.25, 0.3) is 5.57 Å². The van der Waals surface area contributed by atoms with E-state index in [0.29, 0.717) is 5.56 Å². The summed E-state index contributed by atoms with van der Waals surface area (Å²) < 4.78 is 6.01. The number of aryl methyl sites for hydroxylation is 1. The Morgan fingerprint density at radius 2 is 1.91 bits per heavy atom. The molecule has 23 heavy (non-hydrogen) atoms. The van der Waals surface area contributed by atoms with Crippen LogP contribution in [0.2, 0.25) is 0 Å². The Bertz CT molecular complexity index is 736. The number of carbonyl (C=O) groups is 1. The van der Waals surface area contributed by atoms with Crippen molar-refractivity contribution in [2.45, 2.75) is 51.9 Å². The summed E-state index contributed by atoms with van der Waals surface area (Å²) in [5.74, 6) is 1.73. The second kappa shape index (κ2) is 6.19. The topological polar surface area (TPSA) is 30.2 Å². The van der Waals surface area contributed by atoms with Crippen LogP contribution in [0.4, 0.5) is 0 Å². The minimum absolute atomic E-state index is 0.0723. The fraction of sp³-hybridized carbons (Fsp3) is 0.381. The maximum atomic E-state index is 11.8. The zero-order valence-electron chi connectivity index (χ0n) is 14.2. The van der Waals surface area contributed by atoms with E-state index in [1.54, 1.807) is 6.92 Å². The minimum atomic E-state index is -0.116. The molecule has 0 N–H and O–H groups in total. The third-order valence-electron chi connectivity index (χ3n) is 4.78. The molecule has 2 nitrogen and oxygen atoms in total. The van der Waals surface area contributed by atoms with Crippen molar-refractivity contribution < 1.29 is 9.21 Å². The first-order chi connectivity index (χ1) is 11.1. The van der Waals surface area contributed by atoms with Crippen LogP contribution in [-0.4, -0.2) is 5.78 Å². The number of ketones is 1. The summed E-state index contributed by atoms with van der Waals surface area (Å²) in [4.78, 5) is 11.8. The van der Waals surface area contributed by atoms with E-state index >= 15 is 0 Å². The second-order valence-electron chi connectivity index (χ2n) is 6.49. The molecule has 0 saturated carbocycles. The van der Waals surface area contributed by atoms with Gasteiger partial charge in [-0.15, -0.1) is 0 Å². The minimum Gasteiger partial charge on any atom is -0.464 e. The SMILES string of the molecule is CCCCCC1(c2cc(C(C)=O)c(C)o2)C=C1c1ccccc1. The van der Waals surface area contributed by atoms with Crippen LogP contribution >= 0.6 is 0 Å². The van der Waals surface area contributed by atoms with Crippen molar-refractivity contribution in [2.24, 2.45) is 0 Å². The summed E-state index contributed by atoms with van der Waals surface area (Å²) in [5.41, 5.74) is 3.18. The smallest absolute Gasteiger partial charge is 0.163 e. The van der Waals surface area contributed by atoms with Gasteiger partial charge >= 0.3 is 0 Å². The average molecular weight is 308 g/mol. The van der Waals surface area contributed by atoms with Gasteiger partial charge in [-0.3, -0.25) is 4.79 Å². The molecule has 0 aliphatic heterocycles. The van der Waals surface area contributed by atoms with Gasteiger partial charge in [0.2, 0.25) is 0 Å². The van der Waals surface area contributed by atoms with Gasteiger partial charge in [0.25, 0.3) is 0 Å². The molecular weight excluding hydrogens is 284 g/mol. The van der Waals surface area contributed by atoms with Gasteiger partial charge in [-0.05, 0) is 37.5 Å². The maximum Gasteiger partial charge on any atom is 0.163 e. The molecule has 1 aliphatic rings. The van der Waals surface area contributed by atoms with E-state index in [1.807, 2.05) is 19.1 Å². The molecule has 0 radical (unpaired) electrons. The zero-order valence-corrected chi connectivity index (χ0v) is 14.2. The summed E-state index contributed by atoms with van der Waals surface area (Å²) in [5, 5.41) is 0. The lowest BCUT2D eigenvalue weighted by atomic mass is 9.87. The number of allylic oxidation sites excluding steroid dienone is 2. The predicted molar refractivity (Wildman–Crippen MR) is 93.7 cm³/mol. The number of furan rings is 1. The van der Waals surface area contributed by atoms with Gasteiger partial charge < -0.3 is 4.42 Å². The van der Waals surface area contributed by atoms with Gasteiger partial charge in [0.05, 0.1) is 11.0 Å². The average Bonchev–Trinajstić information content (AvgIpc) is 3.14. The highest BCUT2D eigenvalue weighted by Crippen LogP contribution is 2.56. The molecule has 1 aromatic carbocycles. The van der Waals surface area contributed by atoms with Crippen LogP contribution in [0, 0.1) is 6.92 Å². The molecule has 1 unspecified atom stereocenters. The van der Waals surface area contributed by atoms with E-state index in [4.69, 9.17) is 4.42 Å². The normalized spacial score (nSPS) is 19.5. The number of hydrogen-bond acceptors (Lipinski definition) is 2. The van der Waals surface area contributed by atoms with Crippen LogP contribution in [0.15, 0.2) is 46.9 Å².